The molecule has 0 saturated heterocycles. The van der Waals surface area contributed by atoms with E-state index in [0.717, 1.165) is 11.4 Å². The fourth-order valence-corrected chi connectivity index (χ4v) is 0.963. The van der Waals surface area contributed by atoms with Gasteiger partial charge in [0.15, 0.2) is 0 Å². The van der Waals surface area contributed by atoms with Gasteiger partial charge in [-0.1, -0.05) is 0 Å². The van der Waals surface area contributed by atoms with Crippen LogP contribution in [-0.2, 0) is 10.4 Å². The van der Waals surface area contributed by atoms with Crippen LogP contribution in [-0.4, -0.2) is 34.8 Å². The van der Waals surface area contributed by atoms with Crippen LogP contribution >= 0.6 is 0 Å². The highest BCUT2D eigenvalue weighted by Gasteiger charge is 2.07. The molecule has 0 spiro atoms. The van der Waals surface area contributed by atoms with Crippen molar-refractivity contribution in [3.05, 3.63) is 24.3 Å². The second-order valence-corrected chi connectivity index (χ2v) is 4.64. The van der Waals surface area contributed by atoms with Crippen molar-refractivity contribution in [1.29, 1.82) is 0 Å². The van der Waals surface area contributed by atoms with Crippen molar-refractivity contribution in [3.63, 3.8) is 0 Å². The Hall–Kier alpha value is -1.35. The van der Waals surface area contributed by atoms with E-state index in [9.17, 15) is 5.11 Å². The normalized spacial score (nSPS) is 14.1. The maximum atomic E-state index is 9.25. The molecule has 0 aliphatic heterocycles. The third-order valence-electron chi connectivity index (χ3n) is 2.03. The van der Waals surface area contributed by atoms with Gasteiger partial charge in [0.25, 0.3) is 0 Å². The fourth-order valence-electron chi connectivity index (χ4n) is 0.963. The van der Waals surface area contributed by atoms with E-state index in [0.29, 0.717) is 0 Å². The molecule has 2 atom stereocenters. The van der Waals surface area contributed by atoms with Crippen molar-refractivity contribution >= 4 is 21.8 Å². The summed E-state index contributed by atoms with van der Waals surface area (Å²) in [5, 5.41) is 12.4. The Balaban J connectivity index is 0.000000494. The van der Waals surface area contributed by atoms with Gasteiger partial charge in [0.1, 0.15) is 0 Å². The van der Waals surface area contributed by atoms with Crippen LogP contribution in [0.3, 0.4) is 0 Å². The molecule has 0 aromatic heterocycles. The zero-order valence-corrected chi connectivity index (χ0v) is 10.9. The van der Waals surface area contributed by atoms with Gasteiger partial charge < -0.3 is 16.2 Å². The smallest absolute Gasteiger partial charge is 0.394 e. The highest BCUT2D eigenvalue weighted by Crippen LogP contribution is 2.12. The second kappa shape index (κ2) is 7.17. The minimum absolute atomic E-state index is 0.0450. The van der Waals surface area contributed by atoms with Crippen LogP contribution in [0, 0.1) is 0 Å². The molecule has 0 aliphatic rings. The van der Waals surface area contributed by atoms with E-state index < -0.39 is 10.4 Å². The van der Waals surface area contributed by atoms with Gasteiger partial charge in [-0.15, -0.1) is 0 Å². The molecule has 0 fully saturated rings. The molecule has 0 aliphatic carbocycles. The number of aliphatic hydroxyl groups is 1. The number of rotatable bonds is 3. The Bertz CT molecular complexity index is 436. The molecule has 1 aromatic carbocycles. The van der Waals surface area contributed by atoms with Crippen molar-refractivity contribution in [3.8, 4) is 0 Å². The minimum atomic E-state index is -4.67. The first kappa shape index (κ1) is 16.6. The van der Waals surface area contributed by atoms with Crippen molar-refractivity contribution in [2.24, 2.45) is 0 Å². The van der Waals surface area contributed by atoms with Crippen molar-refractivity contribution in [1.82, 2.24) is 0 Å². The number of aliphatic hydroxyl groups excluding tert-OH is 1. The van der Waals surface area contributed by atoms with Gasteiger partial charge in [0.2, 0.25) is 0 Å². The van der Waals surface area contributed by atoms with Crippen molar-refractivity contribution in [2.75, 3.05) is 11.1 Å². The molecule has 0 amide bonds. The minimum Gasteiger partial charge on any atom is -0.399 e. The highest BCUT2D eigenvalue weighted by atomic mass is 32.3. The molecule has 1 aromatic rings. The van der Waals surface area contributed by atoms with E-state index in [1.54, 1.807) is 6.92 Å². The first-order valence-corrected chi connectivity index (χ1v) is 6.49. The quantitative estimate of drug-likeness (QED) is 0.408. The summed E-state index contributed by atoms with van der Waals surface area (Å²) in [6.45, 7) is 3.69. The first-order valence-electron chi connectivity index (χ1n) is 5.09. The molecular weight excluding hydrogens is 260 g/mol. The lowest BCUT2D eigenvalue weighted by atomic mass is 10.2. The second-order valence-electron chi connectivity index (χ2n) is 3.74. The number of nitrogen functional groups attached to an aromatic ring is 1. The molecule has 0 bridgehead atoms. The van der Waals surface area contributed by atoms with Gasteiger partial charge in [-0.25, -0.2) is 0 Å². The molecule has 7 nitrogen and oxygen atoms in total. The summed E-state index contributed by atoms with van der Waals surface area (Å²) in [5.74, 6) is 0. The molecule has 18 heavy (non-hydrogen) atoms. The summed E-state index contributed by atoms with van der Waals surface area (Å²) in [6.07, 6.45) is -0.363. The Kier molecular flexibility index (Phi) is 6.63. The highest BCUT2D eigenvalue weighted by molar-refractivity contribution is 7.79. The summed E-state index contributed by atoms with van der Waals surface area (Å²) in [5.41, 5.74) is 7.26. The zero-order valence-electron chi connectivity index (χ0n) is 10.1. The monoisotopic (exact) mass is 278 g/mol. The molecule has 0 heterocycles. The van der Waals surface area contributed by atoms with Crippen LogP contribution in [0.15, 0.2) is 24.3 Å². The average Bonchev–Trinajstić information content (AvgIpc) is 2.18. The predicted octanol–water partition coefficient (Wildman–Crippen LogP) is 0.797. The van der Waals surface area contributed by atoms with Crippen LogP contribution in [0.4, 0.5) is 11.4 Å². The van der Waals surface area contributed by atoms with E-state index in [-0.39, 0.29) is 12.1 Å². The summed E-state index contributed by atoms with van der Waals surface area (Å²) in [6, 6.07) is 7.50. The summed E-state index contributed by atoms with van der Waals surface area (Å²) in [7, 11) is -4.67. The molecule has 0 saturated carbocycles. The lowest BCUT2D eigenvalue weighted by molar-refractivity contribution is 0.178. The van der Waals surface area contributed by atoms with Gasteiger partial charge in [-0.05, 0) is 38.1 Å². The number of nitrogens with one attached hydrogen (secondary N) is 1. The van der Waals surface area contributed by atoms with Gasteiger partial charge in [0.05, 0.1) is 6.10 Å². The molecule has 1 rings (SSSR count). The Morgan fingerprint density at radius 2 is 1.56 bits per heavy atom. The van der Waals surface area contributed by atoms with E-state index in [2.05, 4.69) is 5.32 Å². The SMILES string of the molecule is CC(O)C(C)Nc1ccc(N)cc1.O=S(=O)(O)O. The lowest BCUT2D eigenvalue weighted by Crippen LogP contribution is -2.27. The molecule has 6 N–H and O–H groups in total. The van der Waals surface area contributed by atoms with E-state index in [4.69, 9.17) is 23.3 Å². The maximum Gasteiger partial charge on any atom is 0.394 e. The number of anilines is 2. The molecule has 104 valence electrons. The maximum absolute atomic E-state index is 9.25. The van der Waals surface area contributed by atoms with Gasteiger partial charge in [-0.3, -0.25) is 9.11 Å². The van der Waals surface area contributed by atoms with Crippen molar-refractivity contribution < 1.29 is 22.6 Å². The third-order valence-corrected chi connectivity index (χ3v) is 2.03. The standard InChI is InChI=1S/C10H16N2O.H2O4S/c1-7(8(2)13)12-10-5-3-9(11)4-6-10;1-5(2,3)4/h3-8,12-13H,11H2,1-2H3;(H2,1,2,3,4). The first-order chi connectivity index (χ1) is 8.09. The fraction of sp³-hybridized carbons (Fsp3) is 0.400. The summed E-state index contributed by atoms with van der Waals surface area (Å²) in [4.78, 5) is 0. The van der Waals surface area contributed by atoms with Crippen molar-refractivity contribution in [2.45, 2.75) is 26.0 Å². The molecule has 2 unspecified atom stereocenters. The number of benzene rings is 1. The number of nitrogens with two attached hydrogens (primary N) is 1. The van der Waals surface area contributed by atoms with Gasteiger partial charge in [-0.2, -0.15) is 8.42 Å². The Morgan fingerprint density at radius 3 is 1.89 bits per heavy atom. The lowest BCUT2D eigenvalue weighted by Gasteiger charge is -2.17. The van der Waals surface area contributed by atoms with Crippen LogP contribution in [0.1, 0.15) is 13.8 Å². The number of hydrogen-bond donors (Lipinski definition) is 5. The Morgan fingerprint density at radius 1 is 1.17 bits per heavy atom. The average molecular weight is 278 g/mol. The summed E-state index contributed by atoms with van der Waals surface area (Å²) >= 11 is 0. The largest absolute Gasteiger partial charge is 0.399 e. The van der Waals surface area contributed by atoms with E-state index in [1.165, 1.54) is 0 Å². The van der Waals surface area contributed by atoms with Crippen LogP contribution in [0.2, 0.25) is 0 Å². The van der Waals surface area contributed by atoms with E-state index >= 15 is 0 Å². The van der Waals surface area contributed by atoms with Crippen LogP contribution in [0.5, 0.6) is 0 Å². The Labute approximate surface area is 106 Å². The topological polar surface area (TPSA) is 133 Å². The molecular formula is C10H18N2O5S. The van der Waals surface area contributed by atoms with E-state index in [1.807, 2.05) is 31.2 Å². The predicted molar refractivity (Wildman–Crippen MR) is 69.8 cm³/mol. The zero-order chi connectivity index (χ0) is 14.3. The van der Waals surface area contributed by atoms with Crippen LogP contribution < -0.4 is 11.1 Å². The van der Waals surface area contributed by atoms with Gasteiger partial charge in [0, 0.05) is 17.4 Å². The molecule has 8 heteroatoms. The molecule has 0 radical (unpaired) electrons. The number of hydrogen-bond acceptors (Lipinski definition) is 5. The summed E-state index contributed by atoms with van der Waals surface area (Å²) < 4.78 is 31.6. The van der Waals surface area contributed by atoms with Crippen LogP contribution in [0.25, 0.3) is 0 Å². The third kappa shape index (κ3) is 9.85. The van der Waals surface area contributed by atoms with Gasteiger partial charge >= 0.3 is 10.4 Å².